The molecule has 0 aliphatic rings. The molecule has 19 heavy (non-hydrogen) atoms. The standard InChI is InChI=1S/C15H14ClN3/c1-9-7-10(2)17-15-14(9)11(3)18-19(15)13-6-4-5-12(16)8-13/h4-8H,1-3H3. The van der Waals surface area contributed by atoms with Crippen molar-refractivity contribution < 1.29 is 0 Å². The van der Waals surface area contributed by atoms with E-state index in [0.717, 1.165) is 28.1 Å². The Morgan fingerprint density at radius 3 is 2.63 bits per heavy atom. The second-order valence-electron chi connectivity index (χ2n) is 4.76. The van der Waals surface area contributed by atoms with Crippen LogP contribution in [-0.2, 0) is 0 Å². The van der Waals surface area contributed by atoms with Gasteiger partial charge in [0, 0.05) is 16.1 Å². The van der Waals surface area contributed by atoms with Gasteiger partial charge in [-0.05, 0) is 50.6 Å². The molecule has 0 atom stereocenters. The average Bonchev–Trinajstić information content (AvgIpc) is 2.66. The van der Waals surface area contributed by atoms with Crippen molar-refractivity contribution in [1.29, 1.82) is 0 Å². The van der Waals surface area contributed by atoms with Crippen LogP contribution in [0.1, 0.15) is 17.0 Å². The van der Waals surface area contributed by atoms with Crippen molar-refractivity contribution in [2.24, 2.45) is 0 Å². The van der Waals surface area contributed by atoms with Crippen molar-refractivity contribution in [1.82, 2.24) is 14.8 Å². The summed E-state index contributed by atoms with van der Waals surface area (Å²) in [6.07, 6.45) is 0. The number of rotatable bonds is 1. The first-order valence-electron chi connectivity index (χ1n) is 6.16. The lowest BCUT2D eigenvalue weighted by Gasteiger charge is -2.04. The summed E-state index contributed by atoms with van der Waals surface area (Å²) in [7, 11) is 0. The van der Waals surface area contributed by atoms with Crippen LogP contribution in [-0.4, -0.2) is 14.8 Å². The predicted octanol–water partition coefficient (Wildman–Crippen LogP) is 4.00. The Bertz CT molecular complexity index is 774. The van der Waals surface area contributed by atoms with Crippen LogP contribution >= 0.6 is 11.6 Å². The van der Waals surface area contributed by atoms with E-state index >= 15 is 0 Å². The summed E-state index contributed by atoms with van der Waals surface area (Å²) < 4.78 is 1.86. The van der Waals surface area contributed by atoms with Crippen molar-refractivity contribution in [3.05, 3.63) is 52.3 Å². The molecule has 2 aromatic heterocycles. The van der Waals surface area contributed by atoms with E-state index in [1.165, 1.54) is 5.56 Å². The molecule has 3 aromatic rings. The van der Waals surface area contributed by atoms with Crippen LogP contribution in [0.5, 0.6) is 0 Å². The third-order valence-corrected chi connectivity index (χ3v) is 3.43. The van der Waals surface area contributed by atoms with Crippen molar-refractivity contribution >= 4 is 22.6 Å². The molecular weight excluding hydrogens is 258 g/mol. The summed E-state index contributed by atoms with van der Waals surface area (Å²) in [5.41, 5.74) is 5.00. The van der Waals surface area contributed by atoms with E-state index in [-0.39, 0.29) is 0 Å². The number of nitrogens with zero attached hydrogens (tertiary/aromatic N) is 3. The molecule has 0 radical (unpaired) electrons. The van der Waals surface area contributed by atoms with Crippen molar-refractivity contribution in [2.75, 3.05) is 0 Å². The van der Waals surface area contributed by atoms with Gasteiger partial charge in [-0.3, -0.25) is 0 Å². The quantitative estimate of drug-likeness (QED) is 0.670. The zero-order chi connectivity index (χ0) is 13.6. The predicted molar refractivity (Wildman–Crippen MR) is 78.1 cm³/mol. The first kappa shape index (κ1) is 12.2. The Kier molecular flexibility index (Phi) is 2.79. The maximum Gasteiger partial charge on any atom is 0.163 e. The highest BCUT2D eigenvalue weighted by Crippen LogP contribution is 2.25. The van der Waals surface area contributed by atoms with Crippen LogP contribution < -0.4 is 0 Å². The third-order valence-electron chi connectivity index (χ3n) is 3.19. The first-order valence-corrected chi connectivity index (χ1v) is 6.53. The molecule has 0 aliphatic carbocycles. The van der Waals surface area contributed by atoms with Crippen molar-refractivity contribution in [3.8, 4) is 5.69 Å². The Labute approximate surface area is 116 Å². The fourth-order valence-corrected chi connectivity index (χ4v) is 2.64. The molecule has 0 amide bonds. The number of hydrogen-bond donors (Lipinski definition) is 0. The van der Waals surface area contributed by atoms with Gasteiger partial charge in [0.2, 0.25) is 0 Å². The molecule has 1 aromatic carbocycles. The van der Waals surface area contributed by atoms with E-state index < -0.39 is 0 Å². The molecule has 2 heterocycles. The van der Waals surface area contributed by atoms with Crippen LogP contribution in [0.15, 0.2) is 30.3 Å². The highest BCUT2D eigenvalue weighted by Gasteiger charge is 2.13. The van der Waals surface area contributed by atoms with E-state index in [0.29, 0.717) is 5.02 Å². The van der Waals surface area contributed by atoms with Gasteiger partial charge in [-0.1, -0.05) is 17.7 Å². The van der Waals surface area contributed by atoms with Crippen molar-refractivity contribution in [3.63, 3.8) is 0 Å². The molecule has 0 aliphatic heterocycles. The monoisotopic (exact) mass is 271 g/mol. The van der Waals surface area contributed by atoms with E-state index in [4.69, 9.17) is 11.6 Å². The van der Waals surface area contributed by atoms with Crippen LogP contribution in [0.2, 0.25) is 5.02 Å². The zero-order valence-electron chi connectivity index (χ0n) is 11.1. The second-order valence-corrected chi connectivity index (χ2v) is 5.19. The smallest absolute Gasteiger partial charge is 0.163 e. The molecule has 0 unspecified atom stereocenters. The van der Waals surface area contributed by atoms with Gasteiger partial charge in [-0.15, -0.1) is 0 Å². The van der Waals surface area contributed by atoms with Crippen LogP contribution in [0.3, 0.4) is 0 Å². The number of halogens is 1. The maximum atomic E-state index is 6.05. The molecular formula is C15H14ClN3. The van der Waals surface area contributed by atoms with Crippen LogP contribution in [0.4, 0.5) is 0 Å². The summed E-state index contributed by atoms with van der Waals surface area (Å²) in [5, 5.41) is 6.41. The fraction of sp³-hybridized carbons (Fsp3) is 0.200. The summed E-state index contributed by atoms with van der Waals surface area (Å²) in [5.74, 6) is 0. The molecule has 0 N–H and O–H groups in total. The van der Waals surface area contributed by atoms with Gasteiger partial charge in [0.15, 0.2) is 5.65 Å². The molecule has 3 nitrogen and oxygen atoms in total. The molecule has 0 fully saturated rings. The Morgan fingerprint density at radius 2 is 1.89 bits per heavy atom. The number of aromatic nitrogens is 3. The summed E-state index contributed by atoms with van der Waals surface area (Å²) >= 11 is 6.05. The van der Waals surface area contributed by atoms with Gasteiger partial charge in [-0.2, -0.15) is 5.10 Å². The minimum atomic E-state index is 0.697. The molecule has 0 spiro atoms. The highest BCUT2D eigenvalue weighted by molar-refractivity contribution is 6.30. The van der Waals surface area contributed by atoms with E-state index in [2.05, 4.69) is 23.1 Å². The molecule has 0 saturated carbocycles. The molecule has 0 saturated heterocycles. The lowest BCUT2D eigenvalue weighted by Crippen LogP contribution is -1.98. The number of benzene rings is 1. The van der Waals surface area contributed by atoms with Crippen LogP contribution in [0.25, 0.3) is 16.7 Å². The van der Waals surface area contributed by atoms with E-state index in [1.54, 1.807) is 0 Å². The number of fused-ring (bicyclic) bond motifs is 1. The van der Waals surface area contributed by atoms with Gasteiger partial charge in [0.05, 0.1) is 11.4 Å². The minimum absolute atomic E-state index is 0.697. The molecule has 4 heteroatoms. The van der Waals surface area contributed by atoms with Crippen molar-refractivity contribution in [2.45, 2.75) is 20.8 Å². The normalized spacial score (nSPS) is 11.2. The molecule has 96 valence electrons. The third kappa shape index (κ3) is 2.00. The Hall–Kier alpha value is -1.87. The fourth-order valence-electron chi connectivity index (χ4n) is 2.45. The maximum absolute atomic E-state index is 6.05. The van der Waals surface area contributed by atoms with E-state index in [9.17, 15) is 0 Å². The topological polar surface area (TPSA) is 30.7 Å². The Balaban J connectivity index is 2.36. The van der Waals surface area contributed by atoms with Gasteiger partial charge in [0.25, 0.3) is 0 Å². The molecule has 0 bridgehead atoms. The number of aryl methyl sites for hydroxylation is 3. The van der Waals surface area contributed by atoms with Gasteiger partial charge >= 0.3 is 0 Å². The summed E-state index contributed by atoms with van der Waals surface area (Å²) in [6, 6.07) is 9.74. The number of pyridine rings is 1. The van der Waals surface area contributed by atoms with Gasteiger partial charge < -0.3 is 0 Å². The Morgan fingerprint density at radius 1 is 1.11 bits per heavy atom. The van der Waals surface area contributed by atoms with Gasteiger partial charge in [-0.25, -0.2) is 9.67 Å². The largest absolute Gasteiger partial charge is 0.233 e. The van der Waals surface area contributed by atoms with Gasteiger partial charge in [0.1, 0.15) is 0 Å². The lowest BCUT2D eigenvalue weighted by atomic mass is 10.1. The highest BCUT2D eigenvalue weighted by atomic mass is 35.5. The average molecular weight is 272 g/mol. The lowest BCUT2D eigenvalue weighted by molar-refractivity contribution is 0.875. The van der Waals surface area contributed by atoms with Crippen LogP contribution in [0, 0.1) is 20.8 Å². The molecule has 3 rings (SSSR count). The SMILES string of the molecule is Cc1cc(C)c2c(C)nn(-c3cccc(Cl)c3)c2n1. The first-order chi connectivity index (χ1) is 9.06. The minimum Gasteiger partial charge on any atom is -0.233 e. The number of hydrogen-bond acceptors (Lipinski definition) is 2. The zero-order valence-corrected chi connectivity index (χ0v) is 11.9. The second kappa shape index (κ2) is 4.35. The summed E-state index contributed by atoms with van der Waals surface area (Å²) in [4.78, 5) is 4.62. The summed E-state index contributed by atoms with van der Waals surface area (Å²) in [6.45, 7) is 6.10. The van der Waals surface area contributed by atoms with E-state index in [1.807, 2.05) is 42.8 Å².